The molecule has 3 rings (SSSR count). The highest BCUT2D eigenvalue weighted by molar-refractivity contribution is 5.92. The van der Waals surface area contributed by atoms with Gasteiger partial charge in [0.1, 0.15) is 0 Å². The zero-order valence-electron chi connectivity index (χ0n) is 15.6. The van der Waals surface area contributed by atoms with E-state index in [0.29, 0.717) is 19.0 Å². The number of hydrogen-bond acceptors (Lipinski definition) is 4. The van der Waals surface area contributed by atoms with Crippen LogP contribution in [-0.4, -0.2) is 30.7 Å². The first-order chi connectivity index (χ1) is 12.5. The average Bonchev–Trinajstić information content (AvgIpc) is 3.09. The first kappa shape index (κ1) is 18.3. The van der Waals surface area contributed by atoms with Gasteiger partial charge in [0, 0.05) is 12.2 Å². The number of ether oxygens (including phenoxy) is 2. The molecule has 0 bridgehead atoms. The summed E-state index contributed by atoms with van der Waals surface area (Å²) in [6.07, 6.45) is 0. The third-order valence-electron chi connectivity index (χ3n) is 4.49. The second-order valence-corrected chi connectivity index (χ2v) is 6.82. The van der Waals surface area contributed by atoms with Crippen LogP contribution in [0.4, 0.5) is 5.69 Å². The lowest BCUT2D eigenvalue weighted by molar-refractivity contribution is -0.117. The monoisotopic (exact) mass is 354 g/mol. The number of fused-ring (bicyclic) bond motifs is 1. The number of nitrogens with one attached hydrogen (secondary N) is 1. The molecule has 2 aromatic rings. The maximum absolute atomic E-state index is 12.4. The molecule has 1 aliphatic heterocycles. The number of carbonyl (C=O) groups is 1. The first-order valence-corrected chi connectivity index (χ1v) is 9.06. The van der Waals surface area contributed by atoms with Crippen molar-refractivity contribution >= 4 is 11.6 Å². The summed E-state index contributed by atoms with van der Waals surface area (Å²) in [6, 6.07) is 13.9. The second-order valence-electron chi connectivity index (χ2n) is 6.82. The Hall–Kier alpha value is -2.53. The number of anilines is 1. The van der Waals surface area contributed by atoms with Gasteiger partial charge >= 0.3 is 0 Å². The van der Waals surface area contributed by atoms with Gasteiger partial charge in [-0.25, -0.2) is 0 Å². The summed E-state index contributed by atoms with van der Waals surface area (Å²) in [5.41, 5.74) is 3.17. The molecule has 0 spiro atoms. The summed E-state index contributed by atoms with van der Waals surface area (Å²) in [6.45, 7) is 8.43. The molecular formula is C21H26N2O3. The summed E-state index contributed by atoms with van der Waals surface area (Å²) in [4.78, 5) is 14.5. The van der Waals surface area contributed by atoms with Crippen molar-refractivity contribution in [3.8, 4) is 11.5 Å². The molecule has 0 unspecified atom stereocenters. The Morgan fingerprint density at radius 2 is 1.96 bits per heavy atom. The number of carbonyl (C=O) groups excluding carboxylic acids is 1. The van der Waals surface area contributed by atoms with Crippen LogP contribution in [0.2, 0.25) is 0 Å². The molecule has 0 saturated carbocycles. The van der Waals surface area contributed by atoms with Crippen LogP contribution in [0, 0.1) is 0 Å². The highest BCUT2D eigenvalue weighted by Crippen LogP contribution is 2.32. The lowest BCUT2D eigenvalue weighted by atomic mass is 10.0. The Labute approximate surface area is 154 Å². The molecule has 1 aliphatic rings. The van der Waals surface area contributed by atoms with Crippen LogP contribution in [-0.2, 0) is 11.3 Å². The topological polar surface area (TPSA) is 50.8 Å². The smallest absolute Gasteiger partial charge is 0.238 e. The van der Waals surface area contributed by atoms with Crippen molar-refractivity contribution in [2.75, 3.05) is 25.2 Å². The van der Waals surface area contributed by atoms with Crippen LogP contribution in [0.1, 0.15) is 37.8 Å². The zero-order chi connectivity index (χ0) is 18.5. The number of likely N-dealkylation sites (N-methyl/N-ethyl adjacent to an activating group) is 1. The second kappa shape index (κ2) is 8.23. The van der Waals surface area contributed by atoms with E-state index in [-0.39, 0.29) is 12.7 Å². The molecule has 1 heterocycles. The summed E-state index contributed by atoms with van der Waals surface area (Å²) >= 11 is 0. The fraction of sp³-hybridized carbons (Fsp3) is 0.381. The van der Waals surface area contributed by atoms with Crippen LogP contribution < -0.4 is 14.8 Å². The van der Waals surface area contributed by atoms with Crippen LogP contribution in [0.5, 0.6) is 11.5 Å². The number of nitrogens with zero attached hydrogens (tertiary/aromatic N) is 1. The van der Waals surface area contributed by atoms with Gasteiger partial charge in [0.05, 0.1) is 6.54 Å². The van der Waals surface area contributed by atoms with Crippen molar-refractivity contribution in [3.05, 3.63) is 53.6 Å². The van der Waals surface area contributed by atoms with Gasteiger partial charge in [-0.3, -0.25) is 9.69 Å². The number of benzene rings is 2. The molecule has 1 N–H and O–H groups in total. The molecule has 0 aromatic heterocycles. The maximum atomic E-state index is 12.4. The minimum Gasteiger partial charge on any atom is -0.454 e. The fourth-order valence-electron chi connectivity index (χ4n) is 2.96. The van der Waals surface area contributed by atoms with E-state index in [9.17, 15) is 4.79 Å². The predicted molar refractivity (Wildman–Crippen MR) is 103 cm³/mol. The zero-order valence-corrected chi connectivity index (χ0v) is 15.6. The standard InChI is InChI=1S/C21H26N2O3/c1-4-23(12-16-8-9-19-20(10-16)26-14-25-19)13-21(24)22-18-7-5-6-17(11-18)15(2)3/h5-11,15H,4,12-14H2,1-3H3,(H,22,24). The van der Waals surface area contributed by atoms with Crippen LogP contribution in [0.3, 0.4) is 0 Å². The molecule has 138 valence electrons. The van der Waals surface area contributed by atoms with Crippen molar-refractivity contribution in [3.63, 3.8) is 0 Å². The van der Waals surface area contributed by atoms with Gasteiger partial charge in [-0.2, -0.15) is 0 Å². The first-order valence-electron chi connectivity index (χ1n) is 9.06. The van der Waals surface area contributed by atoms with Crippen molar-refractivity contribution < 1.29 is 14.3 Å². The SMILES string of the molecule is CCN(CC(=O)Nc1cccc(C(C)C)c1)Cc1ccc2c(c1)OCO2. The van der Waals surface area contributed by atoms with Crippen molar-refractivity contribution in [1.82, 2.24) is 4.90 Å². The summed E-state index contributed by atoms with van der Waals surface area (Å²) in [7, 11) is 0. The van der Waals surface area contributed by atoms with E-state index in [0.717, 1.165) is 29.3 Å². The molecular weight excluding hydrogens is 328 g/mol. The third kappa shape index (κ3) is 4.55. The van der Waals surface area contributed by atoms with Gasteiger partial charge < -0.3 is 14.8 Å². The third-order valence-corrected chi connectivity index (χ3v) is 4.49. The Kier molecular flexibility index (Phi) is 5.78. The highest BCUT2D eigenvalue weighted by Gasteiger charge is 2.15. The van der Waals surface area contributed by atoms with E-state index in [1.807, 2.05) is 36.4 Å². The van der Waals surface area contributed by atoms with Crippen molar-refractivity contribution in [2.24, 2.45) is 0 Å². The van der Waals surface area contributed by atoms with Gasteiger partial charge in [-0.05, 0) is 47.9 Å². The Morgan fingerprint density at radius 3 is 2.73 bits per heavy atom. The van der Waals surface area contributed by atoms with E-state index >= 15 is 0 Å². The maximum Gasteiger partial charge on any atom is 0.238 e. The summed E-state index contributed by atoms with van der Waals surface area (Å²) < 4.78 is 10.8. The molecule has 2 aromatic carbocycles. The molecule has 0 aliphatic carbocycles. The molecule has 0 saturated heterocycles. The van der Waals surface area contributed by atoms with Gasteiger partial charge in [0.25, 0.3) is 0 Å². The van der Waals surface area contributed by atoms with E-state index < -0.39 is 0 Å². The fourth-order valence-corrected chi connectivity index (χ4v) is 2.96. The quantitative estimate of drug-likeness (QED) is 0.816. The normalized spacial score (nSPS) is 12.7. The van der Waals surface area contributed by atoms with E-state index in [2.05, 4.69) is 37.1 Å². The minimum absolute atomic E-state index is 0.00602. The number of rotatable bonds is 7. The van der Waals surface area contributed by atoms with Gasteiger partial charge in [0.2, 0.25) is 12.7 Å². The molecule has 26 heavy (non-hydrogen) atoms. The molecule has 0 radical (unpaired) electrons. The molecule has 5 heteroatoms. The lowest BCUT2D eigenvalue weighted by Crippen LogP contribution is -2.32. The van der Waals surface area contributed by atoms with E-state index in [1.165, 1.54) is 5.56 Å². The minimum atomic E-state index is -0.00602. The largest absolute Gasteiger partial charge is 0.454 e. The van der Waals surface area contributed by atoms with Crippen LogP contribution in [0.15, 0.2) is 42.5 Å². The van der Waals surface area contributed by atoms with Gasteiger partial charge in [0.15, 0.2) is 11.5 Å². The van der Waals surface area contributed by atoms with Crippen LogP contribution in [0.25, 0.3) is 0 Å². The molecule has 0 atom stereocenters. The van der Waals surface area contributed by atoms with Crippen molar-refractivity contribution in [1.29, 1.82) is 0 Å². The predicted octanol–water partition coefficient (Wildman–Crippen LogP) is 4.00. The number of amides is 1. The molecule has 0 fully saturated rings. The van der Waals surface area contributed by atoms with Gasteiger partial charge in [-0.1, -0.05) is 39.0 Å². The lowest BCUT2D eigenvalue weighted by Gasteiger charge is -2.20. The molecule has 1 amide bonds. The van der Waals surface area contributed by atoms with E-state index in [1.54, 1.807) is 0 Å². The summed E-state index contributed by atoms with van der Waals surface area (Å²) in [5, 5.41) is 3.00. The summed E-state index contributed by atoms with van der Waals surface area (Å²) in [5.74, 6) is 1.98. The number of hydrogen-bond donors (Lipinski definition) is 1. The van der Waals surface area contributed by atoms with E-state index in [4.69, 9.17) is 9.47 Å². The average molecular weight is 354 g/mol. The van der Waals surface area contributed by atoms with Crippen LogP contribution >= 0.6 is 0 Å². The Bertz CT molecular complexity index is 774. The Balaban J connectivity index is 1.59. The Morgan fingerprint density at radius 1 is 1.15 bits per heavy atom. The highest BCUT2D eigenvalue weighted by atomic mass is 16.7. The van der Waals surface area contributed by atoms with Gasteiger partial charge in [-0.15, -0.1) is 0 Å². The van der Waals surface area contributed by atoms with Crippen molar-refractivity contribution in [2.45, 2.75) is 33.2 Å². The molecule has 5 nitrogen and oxygen atoms in total.